The second-order valence-electron chi connectivity index (χ2n) is 5.90. The van der Waals surface area contributed by atoms with Crippen molar-refractivity contribution < 1.29 is 9.31 Å². The molecule has 2 N–H and O–H groups in total. The second-order valence-corrected chi connectivity index (χ2v) is 5.90. The molecule has 2 aromatic rings. The molecule has 1 atom stereocenters. The molecular weight excluding hydrogens is 255 g/mol. The molecule has 7 heteroatoms. The van der Waals surface area contributed by atoms with Gasteiger partial charge in [0.05, 0.1) is 11.2 Å². The third-order valence-electron chi connectivity index (χ3n) is 4.37. The predicted molar refractivity (Wildman–Crippen MR) is 77.7 cm³/mol. The molecule has 0 amide bonds. The third kappa shape index (κ3) is 1.89. The average Bonchev–Trinajstić information content (AvgIpc) is 2.86. The fraction of sp³-hybridized carbons (Fsp3) is 0.538. The minimum absolute atomic E-state index is 0.258. The van der Waals surface area contributed by atoms with Crippen LogP contribution in [0.5, 0.6) is 0 Å². The molecule has 106 valence electrons. The van der Waals surface area contributed by atoms with Crippen molar-refractivity contribution >= 4 is 24.2 Å². The first-order chi connectivity index (χ1) is 9.34. The Kier molecular flexibility index (Phi) is 2.81. The molecule has 0 saturated carbocycles. The number of rotatable bonds is 2. The van der Waals surface area contributed by atoms with E-state index >= 15 is 0 Å². The highest BCUT2D eigenvalue weighted by atomic mass is 16.7. The minimum Gasteiger partial charge on any atom is -0.399 e. The van der Waals surface area contributed by atoms with Gasteiger partial charge < -0.3 is 15.0 Å². The zero-order valence-corrected chi connectivity index (χ0v) is 12.3. The summed E-state index contributed by atoms with van der Waals surface area (Å²) < 4.78 is 13.9. The van der Waals surface area contributed by atoms with Gasteiger partial charge >= 0.3 is 7.12 Å². The van der Waals surface area contributed by atoms with Crippen molar-refractivity contribution in [3.63, 3.8) is 0 Å². The van der Waals surface area contributed by atoms with Gasteiger partial charge in [0.1, 0.15) is 0 Å². The summed E-state index contributed by atoms with van der Waals surface area (Å²) in [7, 11) is -0.391. The van der Waals surface area contributed by atoms with E-state index in [-0.39, 0.29) is 17.2 Å². The predicted octanol–water partition coefficient (Wildman–Crippen LogP) is 1.00. The summed E-state index contributed by atoms with van der Waals surface area (Å²) in [6.45, 7) is 8.31. The van der Waals surface area contributed by atoms with Crippen LogP contribution in [-0.4, -0.2) is 32.9 Å². The van der Waals surface area contributed by atoms with Gasteiger partial charge in [-0.25, -0.2) is 4.52 Å². The summed E-state index contributed by atoms with van der Waals surface area (Å²) in [5, 5.41) is 4.06. The zero-order chi connectivity index (χ0) is 14.5. The summed E-state index contributed by atoms with van der Waals surface area (Å²) in [6, 6.07) is 3.81. The first kappa shape index (κ1) is 13.4. The highest BCUT2D eigenvalue weighted by Gasteiger charge is 2.53. The zero-order valence-electron chi connectivity index (χ0n) is 12.3. The van der Waals surface area contributed by atoms with Crippen LogP contribution in [-0.2, 0) is 9.31 Å². The van der Waals surface area contributed by atoms with Crippen molar-refractivity contribution in [2.75, 3.05) is 5.73 Å². The van der Waals surface area contributed by atoms with Crippen LogP contribution in [0.1, 0.15) is 34.1 Å². The Hall–Kier alpha value is -1.60. The van der Waals surface area contributed by atoms with Gasteiger partial charge in [-0.15, -0.1) is 5.10 Å². The van der Waals surface area contributed by atoms with Crippen molar-refractivity contribution in [3.8, 4) is 0 Å². The second kappa shape index (κ2) is 4.20. The minimum atomic E-state index is -0.391. The largest absolute Gasteiger partial charge is 0.495 e. The van der Waals surface area contributed by atoms with Crippen LogP contribution >= 0.6 is 0 Å². The number of nitrogen functional groups attached to an aromatic ring is 1. The van der Waals surface area contributed by atoms with Gasteiger partial charge in [0.2, 0.25) is 5.95 Å². The Bertz CT molecular complexity index is 657. The molecule has 6 nitrogen and oxygen atoms in total. The molecule has 1 aliphatic rings. The maximum absolute atomic E-state index is 6.14. The molecule has 1 saturated heterocycles. The monoisotopic (exact) mass is 274 g/mol. The summed E-state index contributed by atoms with van der Waals surface area (Å²) in [5.74, 6) is 0.258. The van der Waals surface area contributed by atoms with E-state index in [1.54, 1.807) is 4.52 Å². The van der Waals surface area contributed by atoms with Crippen LogP contribution in [0.25, 0.3) is 5.65 Å². The fourth-order valence-corrected chi connectivity index (χ4v) is 2.50. The summed E-state index contributed by atoms with van der Waals surface area (Å²) >= 11 is 0. The first-order valence-corrected chi connectivity index (χ1v) is 6.82. The maximum atomic E-state index is 6.14. The van der Waals surface area contributed by atoms with Crippen LogP contribution in [0, 0.1) is 0 Å². The molecule has 0 aliphatic carbocycles. The molecule has 1 unspecified atom stereocenters. The van der Waals surface area contributed by atoms with Gasteiger partial charge in [0, 0.05) is 6.20 Å². The summed E-state index contributed by atoms with van der Waals surface area (Å²) in [4.78, 5) is 4.16. The quantitative estimate of drug-likeness (QED) is 0.827. The van der Waals surface area contributed by atoms with E-state index in [9.17, 15) is 0 Å². The Morgan fingerprint density at radius 2 is 2.10 bits per heavy atom. The number of hydrogen-bond donors (Lipinski definition) is 1. The normalized spacial score (nSPS) is 25.5. The number of anilines is 1. The smallest absolute Gasteiger partial charge is 0.399 e. The lowest BCUT2D eigenvalue weighted by Gasteiger charge is -2.35. The molecule has 0 bridgehead atoms. The van der Waals surface area contributed by atoms with Crippen molar-refractivity contribution in [3.05, 3.63) is 18.3 Å². The lowest BCUT2D eigenvalue weighted by Crippen LogP contribution is -2.44. The molecule has 20 heavy (non-hydrogen) atoms. The van der Waals surface area contributed by atoms with Crippen LogP contribution in [0.2, 0.25) is 0 Å². The van der Waals surface area contributed by atoms with Gasteiger partial charge in [-0.1, -0.05) is 6.92 Å². The molecule has 1 aliphatic heterocycles. The Labute approximate surface area is 118 Å². The molecule has 0 aromatic carbocycles. The number of fused-ring (bicyclic) bond motifs is 1. The van der Waals surface area contributed by atoms with Crippen LogP contribution in [0.4, 0.5) is 5.95 Å². The summed E-state index contributed by atoms with van der Waals surface area (Å²) in [6.07, 6.45) is 2.70. The lowest BCUT2D eigenvalue weighted by atomic mass is 9.80. The van der Waals surface area contributed by atoms with Crippen LogP contribution in [0.15, 0.2) is 18.3 Å². The number of nitrogens with two attached hydrogens (primary N) is 1. The van der Waals surface area contributed by atoms with Gasteiger partial charge in [0.25, 0.3) is 0 Å². The number of hydrogen-bond acceptors (Lipinski definition) is 5. The molecule has 1 fully saturated rings. The standard InChI is InChI=1S/C13H19BN4O2/c1-5-13(4)12(2,3)19-14(20-13)9-6-7-18-10(8-9)16-11(15)17-18/h6-8H,5H2,1-4H3,(H2,15,17). The van der Waals surface area contributed by atoms with E-state index < -0.39 is 7.12 Å². The van der Waals surface area contributed by atoms with E-state index in [4.69, 9.17) is 15.0 Å². The van der Waals surface area contributed by atoms with Gasteiger partial charge in [-0.3, -0.25) is 0 Å². The molecular formula is C13H19BN4O2. The molecule has 3 rings (SSSR count). The first-order valence-electron chi connectivity index (χ1n) is 6.82. The van der Waals surface area contributed by atoms with Gasteiger partial charge in [-0.2, -0.15) is 4.98 Å². The number of aromatic nitrogens is 3. The highest BCUT2D eigenvalue weighted by Crippen LogP contribution is 2.39. The van der Waals surface area contributed by atoms with Crippen LogP contribution in [0.3, 0.4) is 0 Å². The molecule has 2 aromatic heterocycles. The van der Waals surface area contributed by atoms with Crippen molar-refractivity contribution in [1.29, 1.82) is 0 Å². The Morgan fingerprint density at radius 3 is 2.75 bits per heavy atom. The number of pyridine rings is 1. The van der Waals surface area contributed by atoms with Gasteiger partial charge in [0.15, 0.2) is 5.65 Å². The highest BCUT2D eigenvalue weighted by molar-refractivity contribution is 6.62. The van der Waals surface area contributed by atoms with E-state index in [1.165, 1.54) is 0 Å². The van der Waals surface area contributed by atoms with E-state index in [2.05, 4.69) is 37.8 Å². The SMILES string of the molecule is CCC1(C)OB(c2ccn3nc(N)nc3c2)OC1(C)C. The van der Waals surface area contributed by atoms with Crippen molar-refractivity contribution in [2.45, 2.75) is 45.3 Å². The fourth-order valence-electron chi connectivity index (χ4n) is 2.50. The molecule has 3 heterocycles. The van der Waals surface area contributed by atoms with Crippen LogP contribution < -0.4 is 11.2 Å². The Morgan fingerprint density at radius 1 is 1.35 bits per heavy atom. The molecule has 0 radical (unpaired) electrons. The van der Waals surface area contributed by atoms with Crippen molar-refractivity contribution in [1.82, 2.24) is 14.6 Å². The van der Waals surface area contributed by atoms with E-state index in [0.717, 1.165) is 11.9 Å². The Balaban J connectivity index is 1.96. The summed E-state index contributed by atoms with van der Waals surface area (Å²) in [5.41, 5.74) is 6.56. The van der Waals surface area contributed by atoms with E-state index in [0.29, 0.717) is 5.65 Å². The van der Waals surface area contributed by atoms with Gasteiger partial charge in [-0.05, 0) is 44.8 Å². The lowest BCUT2D eigenvalue weighted by molar-refractivity contribution is -0.0118. The third-order valence-corrected chi connectivity index (χ3v) is 4.37. The topological polar surface area (TPSA) is 74.7 Å². The average molecular weight is 274 g/mol. The van der Waals surface area contributed by atoms with E-state index in [1.807, 2.05) is 18.3 Å². The molecule has 0 spiro atoms. The maximum Gasteiger partial charge on any atom is 0.495 e. The van der Waals surface area contributed by atoms with Crippen molar-refractivity contribution in [2.24, 2.45) is 0 Å². The number of nitrogens with zero attached hydrogens (tertiary/aromatic N) is 3.